The number of urea groups is 1. The van der Waals surface area contributed by atoms with Gasteiger partial charge in [0.05, 0.1) is 25.5 Å². The van der Waals surface area contributed by atoms with E-state index in [1.807, 2.05) is 0 Å². The Morgan fingerprint density at radius 2 is 1.74 bits per heavy atom. The molecule has 1 saturated heterocycles. The first-order valence-corrected chi connectivity index (χ1v) is 9.98. The molecule has 0 radical (unpaired) electrons. The van der Waals surface area contributed by atoms with Gasteiger partial charge in [0.2, 0.25) is 0 Å². The summed E-state index contributed by atoms with van der Waals surface area (Å²) in [5.74, 6) is -2.05. The van der Waals surface area contributed by atoms with E-state index in [0.717, 1.165) is 4.90 Å². The zero-order chi connectivity index (χ0) is 24.4. The predicted octanol–water partition coefficient (Wildman–Crippen LogP) is 2.86. The van der Waals surface area contributed by atoms with Crippen molar-refractivity contribution in [2.45, 2.75) is 0 Å². The predicted molar refractivity (Wildman–Crippen MR) is 121 cm³/mol. The van der Waals surface area contributed by atoms with Gasteiger partial charge in [-0.15, -0.1) is 0 Å². The molecule has 1 aliphatic rings. The van der Waals surface area contributed by atoms with Crippen molar-refractivity contribution in [2.75, 3.05) is 19.1 Å². The maximum absolute atomic E-state index is 13.3. The van der Waals surface area contributed by atoms with Gasteiger partial charge in [0, 0.05) is 23.6 Å². The SMILES string of the molecule is COc1ccc(N2C(=O)NC(=O)/C(=C\c3cccn3-c3ccc(C(=O)O)cc3)C2=O)c(OC)c1. The van der Waals surface area contributed by atoms with Crippen molar-refractivity contribution >= 4 is 35.6 Å². The number of ether oxygens (including phenoxy) is 2. The molecule has 1 aliphatic heterocycles. The lowest BCUT2D eigenvalue weighted by Gasteiger charge is -2.27. The maximum Gasteiger partial charge on any atom is 0.336 e. The van der Waals surface area contributed by atoms with Crippen LogP contribution in [-0.2, 0) is 9.59 Å². The fourth-order valence-electron chi connectivity index (χ4n) is 3.51. The van der Waals surface area contributed by atoms with Gasteiger partial charge in [-0.05, 0) is 54.6 Å². The van der Waals surface area contributed by atoms with Crippen molar-refractivity contribution < 1.29 is 33.8 Å². The number of methoxy groups -OCH3 is 2. The van der Waals surface area contributed by atoms with Crippen LogP contribution in [-0.4, -0.2) is 47.7 Å². The number of barbiturate groups is 1. The number of carboxylic acid groups (broad SMARTS) is 1. The molecule has 4 rings (SSSR count). The number of carboxylic acids is 1. The van der Waals surface area contributed by atoms with Gasteiger partial charge >= 0.3 is 12.0 Å². The Morgan fingerprint density at radius 1 is 1.00 bits per heavy atom. The normalized spacial score (nSPS) is 14.8. The van der Waals surface area contributed by atoms with Crippen LogP contribution in [0.25, 0.3) is 11.8 Å². The van der Waals surface area contributed by atoms with E-state index in [2.05, 4.69) is 5.32 Å². The molecule has 3 aromatic rings. The summed E-state index contributed by atoms with van der Waals surface area (Å²) < 4.78 is 12.1. The van der Waals surface area contributed by atoms with Crippen molar-refractivity contribution in [3.63, 3.8) is 0 Å². The molecule has 4 amide bonds. The first-order valence-electron chi connectivity index (χ1n) is 9.98. The van der Waals surface area contributed by atoms with Crippen molar-refractivity contribution in [2.24, 2.45) is 0 Å². The molecular formula is C24H19N3O7. The number of aromatic nitrogens is 1. The van der Waals surface area contributed by atoms with Crippen LogP contribution >= 0.6 is 0 Å². The first kappa shape index (κ1) is 22.3. The number of amides is 4. The number of nitrogens with one attached hydrogen (secondary N) is 1. The molecule has 2 aromatic carbocycles. The van der Waals surface area contributed by atoms with Crippen molar-refractivity contribution in [1.82, 2.24) is 9.88 Å². The van der Waals surface area contributed by atoms with E-state index in [1.54, 1.807) is 41.1 Å². The van der Waals surface area contributed by atoms with Gasteiger partial charge in [-0.3, -0.25) is 14.9 Å². The molecule has 0 bridgehead atoms. The number of hydrogen-bond acceptors (Lipinski definition) is 6. The molecule has 0 aliphatic carbocycles. The number of carbonyl (C=O) groups is 4. The van der Waals surface area contributed by atoms with Gasteiger partial charge < -0.3 is 19.1 Å². The number of hydrogen-bond donors (Lipinski definition) is 2. The molecule has 10 nitrogen and oxygen atoms in total. The largest absolute Gasteiger partial charge is 0.497 e. The Hall–Kier alpha value is -4.86. The van der Waals surface area contributed by atoms with E-state index < -0.39 is 23.8 Å². The number of imide groups is 2. The summed E-state index contributed by atoms with van der Waals surface area (Å²) in [5.41, 5.74) is 1.09. The third-order valence-corrected chi connectivity index (χ3v) is 5.19. The van der Waals surface area contributed by atoms with Gasteiger partial charge in [0.25, 0.3) is 11.8 Å². The third-order valence-electron chi connectivity index (χ3n) is 5.19. The van der Waals surface area contributed by atoms with Crippen LogP contribution < -0.4 is 19.7 Å². The lowest BCUT2D eigenvalue weighted by atomic mass is 10.1. The Labute approximate surface area is 193 Å². The Balaban J connectivity index is 1.73. The summed E-state index contributed by atoms with van der Waals surface area (Å²) in [5, 5.41) is 11.3. The number of aromatic carboxylic acids is 1. The van der Waals surface area contributed by atoms with Gasteiger partial charge in [0.15, 0.2) is 0 Å². The van der Waals surface area contributed by atoms with E-state index in [1.165, 1.54) is 44.6 Å². The van der Waals surface area contributed by atoms with Gasteiger partial charge in [0.1, 0.15) is 17.1 Å². The average molecular weight is 461 g/mol. The number of rotatable bonds is 6. The van der Waals surface area contributed by atoms with Crippen LogP contribution in [0.4, 0.5) is 10.5 Å². The van der Waals surface area contributed by atoms with Gasteiger partial charge in [-0.2, -0.15) is 0 Å². The molecule has 34 heavy (non-hydrogen) atoms. The average Bonchev–Trinajstić information content (AvgIpc) is 3.30. The molecule has 0 atom stereocenters. The summed E-state index contributed by atoms with van der Waals surface area (Å²) in [6.45, 7) is 0. The van der Waals surface area contributed by atoms with Crippen molar-refractivity contribution in [1.29, 1.82) is 0 Å². The zero-order valence-corrected chi connectivity index (χ0v) is 18.1. The van der Waals surface area contributed by atoms with Gasteiger partial charge in [-0.25, -0.2) is 14.5 Å². The van der Waals surface area contributed by atoms with E-state index in [0.29, 0.717) is 17.1 Å². The lowest BCUT2D eigenvalue weighted by Crippen LogP contribution is -2.54. The van der Waals surface area contributed by atoms with Crippen LogP contribution in [0.15, 0.2) is 66.4 Å². The second kappa shape index (κ2) is 8.94. The van der Waals surface area contributed by atoms with E-state index in [4.69, 9.17) is 14.6 Å². The molecule has 1 aromatic heterocycles. The third kappa shape index (κ3) is 3.99. The smallest absolute Gasteiger partial charge is 0.336 e. The van der Waals surface area contributed by atoms with E-state index in [9.17, 15) is 19.2 Å². The van der Waals surface area contributed by atoms with Crippen molar-refractivity contribution in [3.05, 3.63) is 77.6 Å². The maximum atomic E-state index is 13.3. The van der Waals surface area contributed by atoms with Crippen LogP contribution in [0.3, 0.4) is 0 Å². The topological polar surface area (TPSA) is 127 Å². The molecule has 2 heterocycles. The minimum atomic E-state index is -1.05. The van der Waals surface area contributed by atoms with E-state index in [-0.39, 0.29) is 22.6 Å². The summed E-state index contributed by atoms with van der Waals surface area (Å²) >= 11 is 0. The fraction of sp³-hybridized carbons (Fsp3) is 0.0833. The molecule has 1 fully saturated rings. The quantitative estimate of drug-likeness (QED) is 0.427. The molecule has 0 unspecified atom stereocenters. The summed E-state index contributed by atoms with van der Waals surface area (Å²) in [6, 6.07) is 13.1. The standard InChI is InChI=1S/C24H19N3O7/c1-33-17-9-10-19(20(13-17)34-2)27-22(29)18(21(28)25-24(27)32)12-16-4-3-11-26(16)15-7-5-14(6-8-15)23(30)31/h3-13H,1-2H3,(H,30,31)(H,25,28,32)/b18-12+. The molecular weight excluding hydrogens is 442 g/mol. The number of benzene rings is 2. The molecule has 10 heteroatoms. The zero-order valence-electron chi connectivity index (χ0n) is 18.1. The Kier molecular flexibility index (Phi) is 5.88. The highest BCUT2D eigenvalue weighted by Gasteiger charge is 2.38. The van der Waals surface area contributed by atoms with Gasteiger partial charge in [-0.1, -0.05) is 0 Å². The van der Waals surface area contributed by atoms with Crippen LogP contribution in [0.2, 0.25) is 0 Å². The summed E-state index contributed by atoms with van der Waals surface area (Å²) in [7, 11) is 2.85. The Morgan fingerprint density at radius 3 is 2.38 bits per heavy atom. The summed E-state index contributed by atoms with van der Waals surface area (Å²) in [6.07, 6.45) is 3.06. The second-order valence-electron chi connectivity index (χ2n) is 7.15. The molecule has 172 valence electrons. The second-order valence-corrected chi connectivity index (χ2v) is 7.15. The van der Waals surface area contributed by atoms with Crippen LogP contribution in [0.1, 0.15) is 16.1 Å². The molecule has 2 N–H and O–H groups in total. The number of nitrogens with zero attached hydrogens (tertiary/aromatic N) is 2. The highest BCUT2D eigenvalue weighted by atomic mass is 16.5. The molecule has 0 saturated carbocycles. The molecule has 0 spiro atoms. The minimum Gasteiger partial charge on any atom is -0.497 e. The monoisotopic (exact) mass is 461 g/mol. The highest BCUT2D eigenvalue weighted by molar-refractivity contribution is 6.39. The van der Waals surface area contributed by atoms with Crippen LogP contribution in [0.5, 0.6) is 11.5 Å². The minimum absolute atomic E-state index is 0.125. The van der Waals surface area contributed by atoms with Crippen LogP contribution in [0, 0.1) is 0 Å². The van der Waals surface area contributed by atoms with E-state index >= 15 is 0 Å². The lowest BCUT2D eigenvalue weighted by molar-refractivity contribution is -0.122. The first-order chi connectivity index (χ1) is 16.3. The Bertz CT molecular complexity index is 1340. The fourth-order valence-corrected chi connectivity index (χ4v) is 3.51. The highest BCUT2D eigenvalue weighted by Crippen LogP contribution is 2.34. The number of carbonyl (C=O) groups excluding carboxylic acids is 3. The summed E-state index contributed by atoms with van der Waals surface area (Å²) in [4.78, 5) is 50.3. The van der Waals surface area contributed by atoms with Crippen molar-refractivity contribution in [3.8, 4) is 17.2 Å². The number of anilines is 1.